The molecule has 1 aromatic rings. The average Bonchev–Trinajstić information content (AvgIpc) is 3.09. The quantitative estimate of drug-likeness (QED) is 0.869. The number of ether oxygens (including phenoxy) is 1. The van der Waals surface area contributed by atoms with Crippen molar-refractivity contribution < 1.29 is 17.9 Å². The molecule has 1 N–H and O–H groups in total. The minimum Gasteiger partial charge on any atom is -0.376 e. The van der Waals surface area contributed by atoms with Gasteiger partial charge >= 0.3 is 10.2 Å². The van der Waals surface area contributed by atoms with Gasteiger partial charge in [0.15, 0.2) is 0 Å². The fourth-order valence-corrected chi connectivity index (χ4v) is 3.64. The number of carbonyl (C=O) groups is 1. The Morgan fingerprint density at radius 3 is 2.72 bits per heavy atom. The molecule has 1 atom stereocenters. The van der Waals surface area contributed by atoms with Crippen LogP contribution in [-0.2, 0) is 19.7 Å². The van der Waals surface area contributed by atoms with Crippen LogP contribution in [0.2, 0.25) is 0 Å². The van der Waals surface area contributed by atoms with Crippen LogP contribution in [0.15, 0.2) is 40.4 Å². The fraction of sp³-hybridized carbons (Fsp3) is 0.412. The van der Waals surface area contributed by atoms with E-state index in [2.05, 4.69) is 9.71 Å². The summed E-state index contributed by atoms with van der Waals surface area (Å²) in [6.45, 7) is 3.00. The van der Waals surface area contributed by atoms with Crippen LogP contribution in [0.25, 0.3) is 0 Å². The van der Waals surface area contributed by atoms with Gasteiger partial charge in [-0.3, -0.25) is 4.79 Å². The summed E-state index contributed by atoms with van der Waals surface area (Å²) in [5, 5.41) is 2.75. The van der Waals surface area contributed by atoms with Crippen LogP contribution in [0.3, 0.4) is 0 Å². The summed E-state index contributed by atoms with van der Waals surface area (Å²) in [5.41, 5.74) is 1.99. The Morgan fingerprint density at radius 2 is 2.08 bits per heavy atom. The van der Waals surface area contributed by atoms with Crippen molar-refractivity contribution in [1.82, 2.24) is 9.62 Å². The van der Waals surface area contributed by atoms with E-state index in [0.717, 1.165) is 22.7 Å². The van der Waals surface area contributed by atoms with E-state index in [0.29, 0.717) is 18.7 Å². The molecule has 3 rings (SSSR count). The minimum atomic E-state index is -3.94. The van der Waals surface area contributed by atoms with E-state index in [1.807, 2.05) is 19.1 Å². The smallest absolute Gasteiger partial charge is 0.345 e. The van der Waals surface area contributed by atoms with Crippen LogP contribution in [0.5, 0.6) is 0 Å². The molecule has 0 bridgehead atoms. The number of allylic oxidation sites excluding steroid dienone is 1. The van der Waals surface area contributed by atoms with Crippen LogP contribution in [-0.4, -0.2) is 50.6 Å². The lowest BCUT2D eigenvalue weighted by atomic mass is 10.1. The molecule has 2 heterocycles. The van der Waals surface area contributed by atoms with Gasteiger partial charge in [0.25, 0.3) is 5.91 Å². The minimum absolute atomic E-state index is 0.0136. The van der Waals surface area contributed by atoms with Crippen LogP contribution < -0.4 is 5.32 Å². The average molecular weight is 363 g/mol. The first kappa shape index (κ1) is 17.6. The van der Waals surface area contributed by atoms with Gasteiger partial charge in [-0.1, -0.05) is 29.8 Å². The monoisotopic (exact) mass is 363 g/mol. The van der Waals surface area contributed by atoms with E-state index in [1.165, 1.54) is 13.1 Å². The van der Waals surface area contributed by atoms with Gasteiger partial charge in [-0.25, -0.2) is 4.31 Å². The number of nitrogens with zero attached hydrogens (tertiary/aromatic N) is 2. The van der Waals surface area contributed by atoms with Crippen molar-refractivity contribution in [3.63, 3.8) is 0 Å². The lowest BCUT2D eigenvalue weighted by Gasteiger charge is -2.24. The molecule has 1 amide bonds. The summed E-state index contributed by atoms with van der Waals surface area (Å²) in [4.78, 5) is 12.5. The number of carbonyl (C=O) groups excluding carboxylic acids is 1. The van der Waals surface area contributed by atoms with Crippen LogP contribution in [0, 0.1) is 6.92 Å². The fourth-order valence-electron chi connectivity index (χ4n) is 2.73. The van der Waals surface area contributed by atoms with E-state index in [-0.39, 0.29) is 17.5 Å². The first-order valence-corrected chi connectivity index (χ1v) is 9.54. The molecule has 0 aromatic heterocycles. The first-order valence-electron chi connectivity index (χ1n) is 8.14. The third-order valence-electron chi connectivity index (χ3n) is 4.27. The van der Waals surface area contributed by atoms with Gasteiger partial charge in [0.1, 0.15) is 5.70 Å². The highest BCUT2D eigenvalue weighted by atomic mass is 32.2. The summed E-state index contributed by atoms with van der Waals surface area (Å²) >= 11 is 0. The molecule has 0 saturated carbocycles. The molecule has 0 aliphatic carbocycles. The van der Waals surface area contributed by atoms with Gasteiger partial charge in [-0.05, 0) is 25.8 Å². The van der Waals surface area contributed by atoms with Crippen molar-refractivity contribution in [3.8, 4) is 0 Å². The molecule has 1 aromatic carbocycles. The number of amides is 1. The van der Waals surface area contributed by atoms with E-state index in [9.17, 15) is 13.2 Å². The Balaban J connectivity index is 1.84. The normalized spacial score (nSPS) is 22.3. The topological polar surface area (TPSA) is 88.1 Å². The number of hydrogen-bond donors (Lipinski definition) is 1. The number of likely N-dealkylation sites (N-methyl/N-ethyl adjacent to an activating group) is 1. The second-order valence-electron chi connectivity index (χ2n) is 6.16. The lowest BCUT2D eigenvalue weighted by Crippen LogP contribution is -2.40. The predicted octanol–water partition coefficient (Wildman–Crippen LogP) is 1.15. The Bertz CT molecular complexity index is 822. The number of aryl methyl sites for hydroxylation is 1. The molecule has 8 heteroatoms. The molecule has 7 nitrogen and oxygen atoms in total. The van der Waals surface area contributed by atoms with Crippen molar-refractivity contribution in [2.75, 3.05) is 20.2 Å². The number of benzene rings is 1. The number of hydrogen-bond acceptors (Lipinski definition) is 4. The molecule has 25 heavy (non-hydrogen) atoms. The highest BCUT2D eigenvalue weighted by Gasteiger charge is 2.30. The van der Waals surface area contributed by atoms with Crippen LogP contribution >= 0.6 is 0 Å². The highest BCUT2D eigenvalue weighted by Crippen LogP contribution is 2.20. The summed E-state index contributed by atoms with van der Waals surface area (Å²) in [6.07, 6.45) is 3.35. The van der Waals surface area contributed by atoms with E-state index in [1.54, 1.807) is 12.1 Å². The summed E-state index contributed by atoms with van der Waals surface area (Å²) < 4.78 is 34.8. The summed E-state index contributed by atoms with van der Waals surface area (Å²) in [7, 11) is -2.62. The first-order chi connectivity index (χ1) is 11.9. The highest BCUT2D eigenvalue weighted by molar-refractivity contribution is 7.88. The molecular weight excluding hydrogens is 342 g/mol. The summed E-state index contributed by atoms with van der Waals surface area (Å²) in [6, 6.07) is 7.31. The molecule has 2 aliphatic rings. The zero-order valence-corrected chi connectivity index (χ0v) is 15.0. The largest absolute Gasteiger partial charge is 0.376 e. The van der Waals surface area contributed by atoms with Gasteiger partial charge in [-0.2, -0.15) is 8.42 Å². The zero-order valence-electron chi connectivity index (χ0n) is 14.2. The SMILES string of the molecule is Cc1ccc(C2=NS(=O)(=O)N(C)C(C(=O)NCC3CCCO3)=C2)cc1. The molecule has 1 unspecified atom stereocenters. The Labute approximate surface area is 147 Å². The third-order valence-corrected chi connectivity index (χ3v) is 5.58. The van der Waals surface area contributed by atoms with Gasteiger partial charge in [0, 0.05) is 25.8 Å². The van der Waals surface area contributed by atoms with E-state index < -0.39 is 16.1 Å². The maximum Gasteiger partial charge on any atom is 0.345 e. The second-order valence-corrected chi connectivity index (χ2v) is 7.79. The molecule has 0 spiro atoms. The maximum absolute atomic E-state index is 12.5. The molecular formula is C17H21N3O4S. The molecule has 2 aliphatic heterocycles. The Kier molecular flexibility index (Phi) is 4.91. The maximum atomic E-state index is 12.5. The molecule has 0 radical (unpaired) electrons. The summed E-state index contributed by atoms with van der Waals surface area (Å²) in [5.74, 6) is -0.457. The van der Waals surface area contributed by atoms with Crippen molar-refractivity contribution in [3.05, 3.63) is 47.2 Å². The predicted molar refractivity (Wildman–Crippen MR) is 94.5 cm³/mol. The van der Waals surface area contributed by atoms with Gasteiger partial charge < -0.3 is 10.1 Å². The molecule has 1 fully saturated rings. The third kappa shape index (κ3) is 3.91. The van der Waals surface area contributed by atoms with Crippen molar-refractivity contribution >= 4 is 21.8 Å². The van der Waals surface area contributed by atoms with E-state index >= 15 is 0 Å². The lowest BCUT2D eigenvalue weighted by molar-refractivity contribution is -0.118. The Morgan fingerprint density at radius 1 is 1.36 bits per heavy atom. The van der Waals surface area contributed by atoms with Gasteiger partial charge in [0.05, 0.1) is 11.8 Å². The van der Waals surface area contributed by atoms with Gasteiger partial charge in [-0.15, -0.1) is 4.40 Å². The van der Waals surface area contributed by atoms with Crippen molar-refractivity contribution in [2.45, 2.75) is 25.9 Å². The van der Waals surface area contributed by atoms with Crippen LogP contribution in [0.1, 0.15) is 24.0 Å². The second kappa shape index (κ2) is 6.97. The molecule has 134 valence electrons. The van der Waals surface area contributed by atoms with E-state index in [4.69, 9.17) is 4.74 Å². The number of nitrogens with one attached hydrogen (secondary N) is 1. The van der Waals surface area contributed by atoms with Crippen molar-refractivity contribution in [2.24, 2.45) is 4.40 Å². The van der Waals surface area contributed by atoms with Crippen molar-refractivity contribution in [1.29, 1.82) is 0 Å². The molecule has 1 saturated heterocycles. The zero-order chi connectivity index (χ0) is 18.0. The Hall–Kier alpha value is -2.19. The number of rotatable bonds is 4. The standard InChI is InChI=1S/C17H21N3O4S/c1-12-5-7-13(8-6-12)15-10-16(20(2)25(22,23)19-15)17(21)18-11-14-4-3-9-24-14/h5-8,10,14H,3-4,9,11H2,1-2H3,(H,18,21). The van der Waals surface area contributed by atoms with Crippen LogP contribution in [0.4, 0.5) is 0 Å². The van der Waals surface area contributed by atoms with Gasteiger partial charge in [0.2, 0.25) is 0 Å².